The van der Waals surface area contributed by atoms with Gasteiger partial charge >= 0.3 is 5.97 Å². The number of hydrogen-bond donors (Lipinski definition) is 2. The number of aryl methyl sites for hydroxylation is 2. The van der Waals surface area contributed by atoms with Gasteiger partial charge in [-0.3, -0.25) is 9.59 Å². The van der Waals surface area contributed by atoms with E-state index in [9.17, 15) is 9.59 Å². The largest absolute Gasteiger partial charge is 0.481 e. The van der Waals surface area contributed by atoms with Gasteiger partial charge in [-0.25, -0.2) is 0 Å². The van der Waals surface area contributed by atoms with Crippen LogP contribution in [-0.2, 0) is 11.2 Å². The van der Waals surface area contributed by atoms with Gasteiger partial charge < -0.3 is 10.4 Å². The number of aliphatic carboxylic acids is 1. The average molecular weight is 283 g/mol. The highest BCUT2D eigenvalue weighted by Crippen LogP contribution is 2.21. The summed E-state index contributed by atoms with van der Waals surface area (Å²) in [6.45, 7) is 6.56. The summed E-state index contributed by atoms with van der Waals surface area (Å²) in [5.41, 5.74) is 1.22. The van der Waals surface area contributed by atoms with Crippen LogP contribution < -0.4 is 5.32 Å². The second-order valence-corrected chi connectivity index (χ2v) is 6.05. The highest BCUT2D eigenvalue weighted by molar-refractivity contribution is 7.14. The van der Waals surface area contributed by atoms with Crippen LogP contribution in [0.1, 0.15) is 46.8 Å². The SMILES string of the molecule is CCc1cc(C(=O)NCC(C)CCC(=O)O)sc1C. The minimum absolute atomic E-state index is 0.0602. The van der Waals surface area contributed by atoms with Crippen molar-refractivity contribution in [3.05, 3.63) is 21.4 Å². The zero-order valence-corrected chi connectivity index (χ0v) is 12.5. The molecule has 0 saturated carbocycles. The molecule has 2 N–H and O–H groups in total. The number of carbonyl (C=O) groups is 2. The van der Waals surface area contributed by atoms with Crippen LogP contribution in [0.5, 0.6) is 0 Å². The van der Waals surface area contributed by atoms with Gasteiger partial charge in [-0.1, -0.05) is 13.8 Å². The molecule has 0 aliphatic carbocycles. The number of amides is 1. The van der Waals surface area contributed by atoms with Crippen molar-refractivity contribution in [2.24, 2.45) is 5.92 Å². The van der Waals surface area contributed by atoms with Crippen molar-refractivity contribution in [2.45, 2.75) is 40.0 Å². The smallest absolute Gasteiger partial charge is 0.303 e. The lowest BCUT2D eigenvalue weighted by atomic mass is 10.1. The van der Waals surface area contributed by atoms with Gasteiger partial charge in [-0.15, -0.1) is 11.3 Å². The van der Waals surface area contributed by atoms with Crippen LogP contribution in [0.25, 0.3) is 0 Å². The molecular formula is C14H21NO3S. The Kier molecular flexibility index (Phi) is 6.02. The van der Waals surface area contributed by atoms with E-state index in [1.165, 1.54) is 21.8 Å². The highest BCUT2D eigenvalue weighted by atomic mass is 32.1. The van der Waals surface area contributed by atoms with Gasteiger partial charge in [-0.2, -0.15) is 0 Å². The van der Waals surface area contributed by atoms with E-state index in [4.69, 9.17) is 5.11 Å². The zero-order valence-electron chi connectivity index (χ0n) is 11.7. The Labute approximate surface area is 117 Å². The molecule has 1 amide bonds. The summed E-state index contributed by atoms with van der Waals surface area (Å²) in [7, 11) is 0. The van der Waals surface area contributed by atoms with Gasteiger partial charge in [0.15, 0.2) is 0 Å². The highest BCUT2D eigenvalue weighted by Gasteiger charge is 2.13. The Bertz CT molecular complexity index is 454. The topological polar surface area (TPSA) is 66.4 Å². The normalized spacial score (nSPS) is 12.2. The molecule has 4 nitrogen and oxygen atoms in total. The molecule has 0 spiro atoms. The van der Waals surface area contributed by atoms with Crippen molar-refractivity contribution in [1.29, 1.82) is 0 Å². The fourth-order valence-electron chi connectivity index (χ4n) is 1.81. The fraction of sp³-hybridized carbons (Fsp3) is 0.571. The van der Waals surface area contributed by atoms with Crippen LogP contribution in [0.2, 0.25) is 0 Å². The van der Waals surface area contributed by atoms with Crippen LogP contribution in [-0.4, -0.2) is 23.5 Å². The molecule has 0 aliphatic heterocycles. The maximum atomic E-state index is 12.0. The minimum Gasteiger partial charge on any atom is -0.481 e. The molecule has 0 saturated heterocycles. The van der Waals surface area contributed by atoms with E-state index >= 15 is 0 Å². The molecule has 0 aliphatic rings. The Balaban J connectivity index is 2.44. The molecule has 0 fully saturated rings. The summed E-state index contributed by atoms with van der Waals surface area (Å²) in [5.74, 6) is -0.679. The van der Waals surface area contributed by atoms with Crippen molar-refractivity contribution in [1.82, 2.24) is 5.32 Å². The molecule has 5 heteroatoms. The third-order valence-electron chi connectivity index (χ3n) is 3.09. The maximum Gasteiger partial charge on any atom is 0.303 e. The number of carboxylic acids is 1. The molecule has 0 bridgehead atoms. The van der Waals surface area contributed by atoms with Gasteiger partial charge in [0, 0.05) is 17.8 Å². The van der Waals surface area contributed by atoms with E-state index in [1.807, 2.05) is 19.9 Å². The van der Waals surface area contributed by atoms with E-state index in [1.54, 1.807) is 0 Å². The Morgan fingerprint density at radius 1 is 1.47 bits per heavy atom. The van der Waals surface area contributed by atoms with Crippen molar-refractivity contribution in [3.8, 4) is 0 Å². The zero-order chi connectivity index (χ0) is 14.4. The first-order valence-electron chi connectivity index (χ1n) is 6.53. The predicted octanol–water partition coefficient (Wildman–Crippen LogP) is 2.85. The monoisotopic (exact) mass is 283 g/mol. The number of carbonyl (C=O) groups excluding carboxylic acids is 1. The van der Waals surface area contributed by atoms with Crippen LogP contribution in [0.15, 0.2) is 6.07 Å². The van der Waals surface area contributed by atoms with Gasteiger partial charge in [0.1, 0.15) is 0 Å². The Morgan fingerprint density at radius 2 is 2.16 bits per heavy atom. The summed E-state index contributed by atoms with van der Waals surface area (Å²) in [5, 5.41) is 11.5. The van der Waals surface area contributed by atoms with Gasteiger partial charge in [-0.05, 0) is 37.3 Å². The molecule has 1 aromatic heterocycles. The number of nitrogens with one attached hydrogen (secondary N) is 1. The quantitative estimate of drug-likeness (QED) is 0.808. The van der Waals surface area contributed by atoms with Crippen molar-refractivity contribution >= 4 is 23.2 Å². The molecule has 1 atom stereocenters. The third-order valence-corrected chi connectivity index (χ3v) is 4.18. The summed E-state index contributed by atoms with van der Waals surface area (Å²) in [6, 6.07) is 1.94. The molecule has 0 radical (unpaired) electrons. The third kappa shape index (κ3) is 5.03. The first-order chi connectivity index (χ1) is 8.93. The fourth-order valence-corrected chi connectivity index (χ4v) is 2.84. The second kappa shape index (κ2) is 7.28. The first-order valence-corrected chi connectivity index (χ1v) is 7.35. The number of hydrogen-bond acceptors (Lipinski definition) is 3. The molecule has 106 valence electrons. The predicted molar refractivity (Wildman–Crippen MR) is 76.8 cm³/mol. The van der Waals surface area contributed by atoms with Gasteiger partial charge in [0.2, 0.25) is 0 Å². The molecule has 1 aromatic rings. The second-order valence-electron chi connectivity index (χ2n) is 4.79. The minimum atomic E-state index is -0.792. The molecular weight excluding hydrogens is 262 g/mol. The van der Waals surface area contributed by atoms with E-state index in [0.717, 1.165) is 11.3 Å². The standard InChI is InChI=1S/C14H21NO3S/c1-4-11-7-12(19-10(11)3)14(18)15-8-9(2)5-6-13(16)17/h7,9H,4-6,8H2,1-3H3,(H,15,18)(H,16,17). The first kappa shape index (κ1) is 15.7. The molecule has 1 rings (SSSR count). The molecule has 1 unspecified atom stereocenters. The van der Waals surface area contributed by atoms with Crippen molar-refractivity contribution in [3.63, 3.8) is 0 Å². The number of carboxylic acid groups (broad SMARTS) is 1. The lowest BCUT2D eigenvalue weighted by molar-refractivity contribution is -0.137. The molecule has 19 heavy (non-hydrogen) atoms. The molecule has 1 heterocycles. The summed E-state index contributed by atoms with van der Waals surface area (Å²) < 4.78 is 0. The lowest BCUT2D eigenvalue weighted by Gasteiger charge is -2.10. The van der Waals surface area contributed by atoms with Gasteiger partial charge in [0.25, 0.3) is 5.91 Å². The Morgan fingerprint density at radius 3 is 2.68 bits per heavy atom. The summed E-state index contributed by atoms with van der Waals surface area (Å²) in [4.78, 5) is 24.3. The Hall–Kier alpha value is -1.36. The lowest BCUT2D eigenvalue weighted by Crippen LogP contribution is -2.27. The van der Waals surface area contributed by atoms with Crippen LogP contribution in [0.4, 0.5) is 0 Å². The van der Waals surface area contributed by atoms with Crippen LogP contribution in [0, 0.1) is 12.8 Å². The number of rotatable bonds is 7. The van der Waals surface area contributed by atoms with Crippen molar-refractivity contribution in [2.75, 3.05) is 6.54 Å². The van der Waals surface area contributed by atoms with E-state index in [0.29, 0.717) is 13.0 Å². The van der Waals surface area contributed by atoms with Gasteiger partial charge in [0.05, 0.1) is 4.88 Å². The van der Waals surface area contributed by atoms with Crippen LogP contribution >= 0.6 is 11.3 Å². The molecule has 0 aromatic carbocycles. The summed E-state index contributed by atoms with van der Waals surface area (Å²) in [6.07, 6.45) is 1.67. The van der Waals surface area contributed by atoms with Crippen LogP contribution in [0.3, 0.4) is 0 Å². The van der Waals surface area contributed by atoms with E-state index in [-0.39, 0.29) is 18.2 Å². The number of thiophene rings is 1. The van der Waals surface area contributed by atoms with E-state index < -0.39 is 5.97 Å². The average Bonchev–Trinajstić information content (AvgIpc) is 2.74. The maximum absolute atomic E-state index is 12.0. The van der Waals surface area contributed by atoms with E-state index in [2.05, 4.69) is 12.2 Å². The van der Waals surface area contributed by atoms with Crippen molar-refractivity contribution < 1.29 is 14.7 Å². The summed E-state index contributed by atoms with van der Waals surface area (Å²) >= 11 is 1.51.